The van der Waals surface area contributed by atoms with Crippen molar-refractivity contribution in [3.8, 4) is 0 Å². The molecule has 1 N–H and O–H groups in total. The Morgan fingerprint density at radius 1 is 1.44 bits per heavy atom. The second-order valence-electron chi connectivity index (χ2n) is 5.39. The average Bonchev–Trinajstić information content (AvgIpc) is 2.65. The summed E-state index contributed by atoms with van der Waals surface area (Å²) in [6, 6.07) is 0. The van der Waals surface area contributed by atoms with E-state index in [2.05, 4.69) is 11.9 Å². The van der Waals surface area contributed by atoms with Crippen molar-refractivity contribution in [2.75, 3.05) is 0 Å². The van der Waals surface area contributed by atoms with Gasteiger partial charge in [0.1, 0.15) is 5.82 Å². The SMILES string of the molecule is Cn1ccnc1CC(O)C1(C)CCCCC1. The van der Waals surface area contributed by atoms with E-state index in [4.69, 9.17) is 0 Å². The second kappa shape index (κ2) is 4.58. The highest BCUT2D eigenvalue weighted by Gasteiger charge is 2.34. The highest BCUT2D eigenvalue weighted by Crippen LogP contribution is 2.39. The molecule has 0 bridgehead atoms. The van der Waals surface area contributed by atoms with Crippen LogP contribution in [-0.2, 0) is 13.5 Å². The summed E-state index contributed by atoms with van der Waals surface area (Å²) in [6.45, 7) is 2.22. The summed E-state index contributed by atoms with van der Waals surface area (Å²) in [5, 5.41) is 10.4. The molecule has 0 saturated heterocycles. The molecule has 1 saturated carbocycles. The van der Waals surface area contributed by atoms with E-state index in [0.717, 1.165) is 18.7 Å². The Bertz CT molecular complexity index is 339. The Morgan fingerprint density at radius 3 is 2.69 bits per heavy atom. The number of hydrogen-bond donors (Lipinski definition) is 1. The second-order valence-corrected chi connectivity index (χ2v) is 5.39. The maximum absolute atomic E-state index is 10.4. The third-order valence-electron chi connectivity index (χ3n) is 4.10. The summed E-state index contributed by atoms with van der Waals surface area (Å²) in [5.74, 6) is 0.985. The molecule has 1 aliphatic carbocycles. The van der Waals surface area contributed by atoms with E-state index >= 15 is 0 Å². The van der Waals surface area contributed by atoms with E-state index in [9.17, 15) is 5.11 Å². The summed E-state index contributed by atoms with van der Waals surface area (Å²) >= 11 is 0. The number of nitrogens with zero attached hydrogens (tertiary/aromatic N) is 2. The molecule has 3 nitrogen and oxygen atoms in total. The van der Waals surface area contributed by atoms with Crippen molar-refractivity contribution in [2.45, 2.75) is 51.6 Å². The molecule has 1 aliphatic rings. The third kappa shape index (κ3) is 2.29. The van der Waals surface area contributed by atoms with E-state index < -0.39 is 0 Å². The van der Waals surface area contributed by atoms with E-state index in [1.54, 1.807) is 6.20 Å². The van der Waals surface area contributed by atoms with E-state index in [1.807, 2.05) is 17.8 Å². The summed E-state index contributed by atoms with van der Waals surface area (Å²) in [6.07, 6.45) is 10.3. The Labute approximate surface area is 97.5 Å². The molecule has 1 heterocycles. The van der Waals surface area contributed by atoms with Crippen LogP contribution in [0.4, 0.5) is 0 Å². The van der Waals surface area contributed by atoms with Gasteiger partial charge in [-0.2, -0.15) is 0 Å². The van der Waals surface area contributed by atoms with Crippen LogP contribution < -0.4 is 0 Å². The van der Waals surface area contributed by atoms with Crippen LogP contribution in [0.5, 0.6) is 0 Å². The molecule has 1 fully saturated rings. The Kier molecular flexibility index (Phi) is 3.33. The van der Waals surface area contributed by atoms with Crippen LogP contribution in [0.25, 0.3) is 0 Å². The van der Waals surface area contributed by atoms with Gasteiger partial charge in [-0.3, -0.25) is 0 Å². The number of hydrogen-bond acceptors (Lipinski definition) is 2. The zero-order valence-corrected chi connectivity index (χ0v) is 10.3. The van der Waals surface area contributed by atoms with Gasteiger partial charge >= 0.3 is 0 Å². The lowest BCUT2D eigenvalue weighted by atomic mass is 9.71. The minimum absolute atomic E-state index is 0.101. The minimum atomic E-state index is -0.256. The summed E-state index contributed by atoms with van der Waals surface area (Å²) in [7, 11) is 1.98. The fourth-order valence-corrected chi connectivity index (χ4v) is 2.71. The average molecular weight is 222 g/mol. The van der Waals surface area contributed by atoms with Crippen molar-refractivity contribution in [2.24, 2.45) is 12.5 Å². The molecule has 90 valence electrons. The number of aryl methyl sites for hydroxylation is 1. The van der Waals surface area contributed by atoms with Gasteiger partial charge in [0, 0.05) is 25.9 Å². The number of aliphatic hydroxyl groups excluding tert-OH is 1. The highest BCUT2D eigenvalue weighted by molar-refractivity contribution is 4.97. The molecule has 1 aromatic rings. The van der Waals surface area contributed by atoms with Gasteiger partial charge < -0.3 is 9.67 Å². The first-order valence-corrected chi connectivity index (χ1v) is 6.26. The standard InChI is InChI=1S/C13H22N2O/c1-13(6-4-3-5-7-13)11(16)10-12-14-8-9-15(12)2/h8-9,11,16H,3-7,10H2,1-2H3. The van der Waals surface area contributed by atoms with Crippen LogP contribution >= 0.6 is 0 Å². The Hall–Kier alpha value is -0.830. The van der Waals surface area contributed by atoms with Crippen molar-refractivity contribution < 1.29 is 5.11 Å². The number of aromatic nitrogens is 2. The molecule has 16 heavy (non-hydrogen) atoms. The molecule has 0 spiro atoms. The smallest absolute Gasteiger partial charge is 0.110 e. The Balaban J connectivity index is 2.01. The molecule has 1 unspecified atom stereocenters. The molecule has 2 rings (SSSR count). The van der Waals surface area contributed by atoms with Crippen molar-refractivity contribution >= 4 is 0 Å². The van der Waals surface area contributed by atoms with E-state index in [-0.39, 0.29) is 11.5 Å². The van der Waals surface area contributed by atoms with Crippen molar-refractivity contribution in [1.29, 1.82) is 0 Å². The van der Waals surface area contributed by atoms with Gasteiger partial charge in [0.15, 0.2) is 0 Å². The van der Waals surface area contributed by atoms with Gasteiger partial charge in [-0.25, -0.2) is 4.98 Å². The normalized spacial score (nSPS) is 21.9. The van der Waals surface area contributed by atoms with Gasteiger partial charge in [-0.05, 0) is 18.3 Å². The van der Waals surface area contributed by atoms with Crippen LogP contribution in [0.1, 0.15) is 44.9 Å². The largest absolute Gasteiger partial charge is 0.392 e. The van der Waals surface area contributed by atoms with Gasteiger partial charge in [0.25, 0.3) is 0 Å². The first-order chi connectivity index (χ1) is 7.62. The van der Waals surface area contributed by atoms with Gasteiger partial charge in [-0.15, -0.1) is 0 Å². The fourth-order valence-electron chi connectivity index (χ4n) is 2.71. The maximum Gasteiger partial charge on any atom is 0.110 e. The van der Waals surface area contributed by atoms with Gasteiger partial charge in [0.2, 0.25) is 0 Å². The lowest BCUT2D eigenvalue weighted by Gasteiger charge is -2.37. The Morgan fingerprint density at radius 2 is 2.12 bits per heavy atom. The molecule has 0 radical (unpaired) electrons. The fraction of sp³-hybridized carbons (Fsp3) is 0.769. The van der Waals surface area contributed by atoms with Crippen molar-refractivity contribution in [3.05, 3.63) is 18.2 Å². The van der Waals surface area contributed by atoms with Crippen molar-refractivity contribution in [1.82, 2.24) is 9.55 Å². The molecule has 1 atom stereocenters. The first kappa shape index (κ1) is 11.6. The lowest BCUT2D eigenvalue weighted by molar-refractivity contribution is 0.00873. The number of aliphatic hydroxyl groups is 1. The zero-order valence-electron chi connectivity index (χ0n) is 10.3. The summed E-state index contributed by atoms with van der Waals surface area (Å²) in [4.78, 5) is 4.28. The number of rotatable bonds is 3. The van der Waals surface area contributed by atoms with Crippen LogP contribution in [0, 0.1) is 5.41 Å². The van der Waals surface area contributed by atoms with Crippen molar-refractivity contribution in [3.63, 3.8) is 0 Å². The van der Waals surface area contributed by atoms with Crippen LogP contribution in [0.2, 0.25) is 0 Å². The third-order valence-corrected chi connectivity index (χ3v) is 4.10. The molecule has 0 aromatic carbocycles. The summed E-state index contributed by atoms with van der Waals surface area (Å²) < 4.78 is 2.00. The molecular formula is C13H22N2O. The molecule has 0 aliphatic heterocycles. The quantitative estimate of drug-likeness (QED) is 0.852. The zero-order chi connectivity index (χ0) is 11.6. The predicted octanol–water partition coefficient (Wildman–Crippen LogP) is 2.29. The van der Waals surface area contributed by atoms with Gasteiger partial charge in [-0.1, -0.05) is 26.2 Å². The molecule has 1 aromatic heterocycles. The van der Waals surface area contributed by atoms with E-state index in [1.165, 1.54) is 19.3 Å². The predicted molar refractivity (Wildman–Crippen MR) is 64.1 cm³/mol. The first-order valence-electron chi connectivity index (χ1n) is 6.26. The monoisotopic (exact) mass is 222 g/mol. The maximum atomic E-state index is 10.4. The number of imidazole rings is 1. The van der Waals surface area contributed by atoms with Crippen LogP contribution in [-0.4, -0.2) is 20.8 Å². The van der Waals surface area contributed by atoms with E-state index in [0.29, 0.717) is 6.42 Å². The van der Waals surface area contributed by atoms with Gasteiger partial charge in [0.05, 0.1) is 6.10 Å². The van der Waals surface area contributed by atoms with Crippen LogP contribution in [0.15, 0.2) is 12.4 Å². The molecule has 0 amide bonds. The molecule has 3 heteroatoms. The lowest BCUT2D eigenvalue weighted by Crippen LogP contribution is -2.36. The highest BCUT2D eigenvalue weighted by atomic mass is 16.3. The van der Waals surface area contributed by atoms with Crippen LogP contribution in [0.3, 0.4) is 0 Å². The minimum Gasteiger partial charge on any atom is -0.392 e. The summed E-state index contributed by atoms with van der Waals surface area (Å²) in [5.41, 5.74) is 0.101. The topological polar surface area (TPSA) is 38.0 Å². The molecular weight excluding hydrogens is 200 g/mol.